The minimum Gasteiger partial charge on any atom is -0.460 e. The molecule has 0 spiro atoms. The molecule has 2 aromatic carbocycles. The molecular weight excluding hydrogens is 447 g/mol. The molecule has 1 fully saturated rings. The number of hydrogen-bond donors (Lipinski definition) is 1. The van der Waals surface area contributed by atoms with Crippen molar-refractivity contribution >= 4 is 34.8 Å². The number of fused-ring (bicyclic) bond motifs is 1. The average Bonchev–Trinajstić information content (AvgIpc) is 3.15. The van der Waals surface area contributed by atoms with E-state index in [0.717, 1.165) is 12.1 Å². The summed E-state index contributed by atoms with van der Waals surface area (Å²) in [5, 5.41) is 13.2. The van der Waals surface area contributed by atoms with Crippen LogP contribution in [-0.2, 0) is 19.1 Å². The molecule has 1 aliphatic carbocycles. The van der Waals surface area contributed by atoms with Crippen LogP contribution in [-0.4, -0.2) is 34.5 Å². The number of esters is 1. The Morgan fingerprint density at radius 1 is 1.06 bits per heavy atom. The van der Waals surface area contributed by atoms with Crippen molar-refractivity contribution in [3.8, 4) is 0 Å². The van der Waals surface area contributed by atoms with Gasteiger partial charge in [-0.05, 0) is 18.2 Å². The summed E-state index contributed by atoms with van der Waals surface area (Å²) in [5.74, 6) is -8.40. The minimum absolute atomic E-state index is 0.0496. The van der Waals surface area contributed by atoms with E-state index in [2.05, 4.69) is 5.32 Å². The van der Waals surface area contributed by atoms with Gasteiger partial charge in [0, 0.05) is 23.7 Å². The fourth-order valence-electron chi connectivity index (χ4n) is 4.03. The molecular formula is C24H17FN2O7. The number of ketones is 2. The number of amides is 1. The van der Waals surface area contributed by atoms with E-state index in [-0.39, 0.29) is 11.4 Å². The van der Waals surface area contributed by atoms with Gasteiger partial charge in [0.1, 0.15) is 17.8 Å². The second kappa shape index (κ2) is 9.18. The predicted octanol–water partition coefficient (Wildman–Crippen LogP) is 3.02. The summed E-state index contributed by atoms with van der Waals surface area (Å²) >= 11 is 0. The molecule has 4 atom stereocenters. The molecule has 10 heteroatoms. The van der Waals surface area contributed by atoms with Gasteiger partial charge >= 0.3 is 5.97 Å². The normalized spacial score (nSPS) is 21.3. The van der Waals surface area contributed by atoms with Crippen LogP contribution in [0.15, 0.2) is 72.8 Å². The summed E-state index contributed by atoms with van der Waals surface area (Å²) in [7, 11) is 0. The second-order valence-corrected chi connectivity index (χ2v) is 7.72. The van der Waals surface area contributed by atoms with Crippen LogP contribution in [0.1, 0.15) is 10.4 Å². The van der Waals surface area contributed by atoms with Crippen molar-refractivity contribution in [1.29, 1.82) is 0 Å². The molecule has 0 saturated carbocycles. The third-order valence-electron chi connectivity index (χ3n) is 5.65. The van der Waals surface area contributed by atoms with E-state index in [1.54, 1.807) is 24.3 Å². The molecule has 172 valence electrons. The number of anilines is 1. The van der Waals surface area contributed by atoms with E-state index in [1.165, 1.54) is 36.4 Å². The highest BCUT2D eigenvalue weighted by Crippen LogP contribution is 2.38. The number of non-ortho nitro benzene ring substituents is 1. The van der Waals surface area contributed by atoms with E-state index in [9.17, 15) is 33.7 Å². The monoisotopic (exact) mass is 464 g/mol. The molecule has 1 N–H and O–H groups in total. The molecule has 0 radical (unpaired) electrons. The van der Waals surface area contributed by atoms with Crippen molar-refractivity contribution in [2.45, 2.75) is 6.10 Å². The molecule has 1 heterocycles. The third-order valence-corrected chi connectivity index (χ3v) is 5.65. The molecule has 4 rings (SSSR count). The van der Waals surface area contributed by atoms with Crippen molar-refractivity contribution in [3.63, 3.8) is 0 Å². The standard InChI is InChI=1S/C24H17FN2O7/c25-18-11-4-3-10-17(18)20(28)19(22-15-8-1-2-9-16(15)24(31)34-22)21(29)23(30)26-13-6-5-7-14(12-13)27(32)33/h1-12,15-16,19,22H,(H,26,30)/t15-,16+,19+,22+/m1/s1. The predicted molar refractivity (Wildman–Crippen MR) is 116 cm³/mol. The van der Waals surface area contributed by atoms with Crippen LogP contribution in [0.25, 0.3) is 0 Å². The first-order chi connectivity index (χ1) is 16.3. The Kier molecular flexibility index (Phi) is 6.13. The summed E-state index contributed by atoms with van der Waals surface area (Å²) in [6.45, 7) is 0. The van der Waals surface area contributed by atoms with Crippen LogP contribution >= 0.6 is 0 Å². The van der Waals surface area contributed by atoms with E-state index in [0.29, 0.717) is 0 Å². The molecule has 1 aliphatic heterocycles. The maximum Gasteiger partial charge on any atom is 0.313 e. The summed E-state index contributed by atoms with van der Waals surface area (Å²) in [4.78, 5) is 62.0. The van der Waals surface area contributed by atoms with E-state index in [1.807, 2.05) is 0 Å². The highest BCUT2D eigenvalue weighted by Gasteiger charge is 2.52. The number of benzene rings is 2. The molecule has 1 saturated heterocycles. The van der Waals surface area contributed by atoms with Crippen LogP contribution in [0, 0.1) is 33.7 Å². The van der Waals surface area contributed by atoms with Gasteiger partial charge in [0.15, 0.2) is 5.78 Å². The van der Waals surface area contributed by atoms with E-state index in [4.69, 9.17) is 4.74 Å². The van der Waals surface area contributed by atoms with Crippen molar-refractivity contribution in [1.82, 2.24) is 0 Å². The number of cyclic esters (lactones) is 1. The lowest BCUT2D eigenvalue weighted by Crippen LogP contribution is -2.44. The zero-order valence-electron chi connectivity index (χ0n) is 17.4. The van der Waals surface area contributed by atoms with Gasteiger partial charge in [0.2, 0.25) is 5.78 Å². The van der Waals surface area contributed by atoms with Gasteiger partial charge in [-0.1, -0.05) is 42.5 Å². The first kappa shape index (κ1) is 22.7. The molecule has 2 aromatic rings. The fraction of sp³-hybridized carbons (Fsp3) is 0.167. The number of carbonyl (C=O) groups is 4. The quantitative estimate of drug-likeness (QED) is 0.166. The van der Waals surface area contributed by atoms with E-state index < -0.39 is 63.6 Å². The Bertz CT molecular complexity index is 1270. The second-order valence-electron chi connectivity index (χ2n) is 7.72. The Hall–Kier alpha value is -4.47. The first-order valence-electron chi connectivity index (χ1n) is 10.2. The van der Waals surface area contributed by atoms with Gasteiger partial charge < -0.3 is 10.1 Å². The van der Waals surface area contributed by atoms with Crippen molar-refractivity contribution < 1.29 is 33.2 Å². The maximum atomic E-state index is 14.4. The smallest absolute Gasteiger partial charge is 0.313 e. The summed E-state index contributed by atoms with van der Waals surface area (Å²) in [6.07, 6.45) is 5.05. The molecule has 9 nitrogen and oxygen atoms in total. The third kappa shape index (κ3) is 4.25. The van der Waals surface area contributed by atoms with Crippen LogP contribution in [0.5, 0.6) is 0 Å². The summed E-state index contributed by atoms with van der Waals surface area (Å²) in [5.41, 5.74) is -0.804. The highest BCUT2D eigenvalue weighted by atomic mass is 19.1. The van der Waals surface area contributed by atoms with Crippen LogP contribution < -0.4 is 5.32 Å². The zero-order valence-corrected chi connectivity index (χ0v) is 17.4. The average molecular weight is 464 g/mol. The van der Waals surface area contributed by atoms with Gasteiger partial charge in [0.25, 0.3) is 11.6 Å². The summed E-state index contributed by atoms with van der Waals surface area (Å²) in [6, 6.07) is 9.83. The Labute approximate surface area is 192 Å². The largest absolute Gasteiger partial charge is 0.460 e. The number of rotatable bonds is 7. The first-order valence-corrected chi connectivity index (χ1v) is 10.2. The number of allylic oxidation sites excluding steroid dienone is 2. The molecule has 1 amide bonds. The number of carbonyl (C=O) groups excluding carboxylic acids is 4. The minimum atomic E-state index is -1.83. The number of Topliss-reactive ketones (excluding diaryl/α,β-unsaturated/α-hetero) is 2. The van der Waals surface area contributed by atoms with Gasteiger partial charge in [0.05, 0.1) is 16.4 Å². The number of nitro groups is 1. The van der Waals surface area contributed by atoms with Gasteiger partial charge in [-0.15, -0.1) is 0 Å². The number of nitro benzene ring substituents is 1. The van der Waals surface area contributed by atoms with Crippen LogP contribution in [0.4, 0.5) is 15.8 Å². The zero-order chi connectivity index (χ0) is 24.4. The number of hydrogen-bond acceptors (Lipinski definition) is 7. The SMILES string of the molecule is O=C(Nc1cccc([N+](=O)[O-])c1)C(=O)[C@H](C(=O)c1ccccc1F)[C@H]1OC(=O)[C@H]2C=CC=C[C@@H]12. The number of ether oxygens (including phenoxy) is 1. The van der Waals surface area contributed by atoms with Crippen LogP contribution in [0.3, 0.4) is 0 Å². The van der Waals surface area contributed by atoms with Crippen LogP contribution in [0.2, 0.25) is 0 Å². The number of nitrogens with one attached hydrogen (secondary N) is 1. The van der Waals surface area contributed by atoms with Gasteiger partial charge in [-0.25, -0.2) is 4.39 Å². The Morgan fingerprint density at radius 2 is 1.79 bits per heavy atom. The Balaban J connectivity index is 1.68. The van der Waals surface area contributed by atoms with Crippen molar-refractivity contribution in [2.24, 2.45) is 17.8 Å². The Morgan fingerprint density at radius 3 is 2.53 bits per heavy atom. The van der Waals surface area contributed by atoms with Gasteiger partial charge in [-0.3, -0.25) is 29.3 Å². The lowest BCUT2D eigenvalue weighted by Gasteiger charge is -2.25. The number of halogens is 1. The lowest BCUT2D eigenvalue weighted by molar-refractivity contribution is -0.384. The maximum absolute atomic E-state index is 14.4. The summed E-state index contributed by atoms with van der Waals surface area (Å²) < 4.78 is 19.7. The molecule has 0 aromatic heterocycles. The van der Waals surface area contributed by atoms with E-state index >= 15 is 0 Å². The molecule has 0 bridgehead atoms. The fourth-order valence-corrected chi connectivity index (χ4v) is 4.03. The lowest BCUT2D eigenvalue weighted by atomic mass is 9.77. The molecule has 2 aliphatic rings. The van der Waals surface area contributed by atoms with Crippen molar-refractivity contribution in [2.75, 3.05) is 5.32 Å². The topological polar surface area (TPSA) is 133 Å². The highest BCUT2D eigenvalue weighted by molar-refractivity contribution is 6.45. The van der Waals surface area contributed by atoms with Gasteiger partial charge in [-0.2, -0.15) is 0 Å². The van der Waals surface area contributed by atoms with Crippen molar-refractivity contribution in [3.05, 3.63) is 94.3 Å². The molecule has 0 unspecified atom stereocenters. The molecule has 34 heavy (non-hydrogen) atoms. The number of nitrogens with zero attached hydrogens (tertiary/aromatic N) is 1.